The number of benzene rings is 2. The van der Waals surface area contributed by atoms with Crippen LogP contribution in [0.3, 0.4) is 0 Å². The molecule has 5 heteroatoms. The number of methoxy groups -OCH3 is 1. The van der Waals surface area contributed by atoms with Crippen molar-refractivity contribution >= 4 is 17.7 Å². The van der Waals surface area contributed by atoms with Gasteiger partial charge in [-0.1, -0.05) is 48.4 Å². The summed E-state index contributed by atoms with van der Waals surface area (Å²) in [5.74, 6) is 4.54. The molecule has 0 N–H and O–H groups in total. The highest BCUT2D eigenvalue weighted by atomic mass is 16.6. The molecule has 0 fully saturated rings. The summed E-state index contributed by atoms with van der Waals surface area (Å²) >= 11 is 0. The molecule has 2 aromatic carbocycles. The fourth-order valence-corrected chi connectivity index (χ4v) is 2.32. The van der Waals surface area contributed by atoms with Gasteiger partial charge in [-0.3, -0.25) is 4.90 Å². The summed E-state index contributed by atoms with van der Waals surface area (Å²) in [5, 5.41) is 0. The van der Waals surface area contributed by atoms with Crippen molar-refractivity contribution in [3.05, 3.63) is 65.7 Å². The number of para-hydroxylation sites is 1. The second-order valence-corrected chi connectivity index (χ2v) is 6.81. The number of amides is 1. The van der Waals surface area contributed by atoms with Gasteiger partial charge in [0.25, 0.3) is 0 Å². The molecule has 0 radical (unpaired) electrons. The Balaban J connectivity index is 2.45. The summed E-state index contributed by atoms with van der Waals surface area (Å²) in [6, 6.07) is 16.7. The van der Waals surface area contributed by atoms with Crippen molar-refractivity contribution in [1.29, 1.82) is 0 Å². The molecule has 1 amide bonds. The van der Waals surface area contributed by atoms with Gasteiger partial charge in [0.2, 0.25) is 0 Å². The highest BCUT2D eigenvalue weighted by Crippen LogP contribution is 2.24. The summed E-state index contributed by atoms with van der Waals surface area (Å²) in [5.41, 5.74) is 1.40. The van der Waals surface area contributed by atoms with Crippen LogP contribution in [0.4, 0.5) is 10.5 Å². The van der Waals surface area contributed by atoms with Gasteiger partial charge in [-0.2, -0.15) is 0 Å². The molecule has 5 nitrogen and oxygen atoms in total. The van der Waals surface area contributed by atoms with E-state index in [0.29, 0.717) is 17.8 Å². The van der Waals surface area contributed by atoms with Crippen LogP contribution in [0.15, 0.2) is 54.6 Å². The van der Waals surface area contributed by atoms with Crippen LogP contribution in [0.2, 0.25) is 0 Å². The SMILES string of the molecule is COC(=O)C#Cc1ccccc1N(Cc1ccccc1)C(=O)OC(C)(C)C. The standard InChI is InChI=1S/C22H23NO4/c1-22(2,3)27-21(25)23(16-17-10-6-5-7-11-17)19-13-9-8-12-18(19)14-15-20(24)26-4/h5-13H,16H2,1-4H3. The Morgan fingerprint density at radius 3 is 2.26 bits per heavy atom. The number of hydrogen-bond acceptors (Lipinski definition) is 4. The largest absolute Gasteiger partial charge is 0.459 e. The third-order valence-electron chi connectivity index (χ3n) is 3.48. The molecule has 0 aromatic heterocycles. The molecule has 2 rings (SSSR count). The van der Waals surface area contributed by atoms with E-state index in [1.165, 1.54) is 12.0 Å². The van der Waals surface area contributed by atoms with Crippen molar-refractivity contribution < 1.29 is 19.1 Å². The summed E-state index contributed by atoms with van der Waals surface area (Å²) in [6.45, 7) is 5.75. The fraction of sp³-hybridized carbons (Fsp3) is 0.273. The number of carbonyl (C=O) groups excluding carboxylic acids is 2. The van der Waals surface area contributed by atoms with Crippen molar-refractivity contribution in [3.8, 4) is 11.8 Å². The highest BCUT2D eigenvalue weighted by Gasteiger charge is 2.25. The lowest BCUT2D eigenvalue weighted by Gasteiger charge is -2.28. The summed E-state index contributed by atoms with van der Waals surface area (Å²) in [6.07, 6.45) is -0.487. The van der Waals surface area contributed by atoms with Crippen molar-refractivity contribution in [1.82, 2.24) is 0 Å². The van der Waals surface area contributed by atoms with Crippen LogP contribution in [0.25, 0.3) is 0 Å². The van der Waals surface area contributed by atoms with Gasteiger partial charge < -0.3 is 9.47 Å². The Morgan fingerprint density at radius 1 is 1.00 bits per heavy atom. The molecule has 0 saturated heterocycles. The molecule has 0 saturated carbocycles. The molecule has 0 aliphatic carbocycles. The lowest BCUT2D eigenvalue weighted by Crippen LogP contribution is -2.37. The zero-order valence-corrected chi connectivity index (χ0v) is 16.0. The Kier molecular flexibility index (Phi) is 6.62. The quantitative estimate of drug-likeness (QED) is 0.606. The fourth-order valence-electron chi connectivity index (χ4n) is 2.32. The van der Waals surface area contributed by atoms with Crippen LogP contribution in [-0.4, -0.2) is 24.8 Å². The second kappa shape index (κ2) is 8.91. The van der Waals surface area contributed by atoms with Crippen LogP contribution in [0, 0.1) is 11.8 Å². The number of ether oxygens (including phenoxy) is 2. The van der Waals surface area contributed by atoms with Gasteiger partial charge in [0, 0.05) is 11.5 Å². The van der Waals surface area contributed by atoms with Crippen molar-refractivity contribution in [2.24, 2.45) is 0 Å². The maximum atomic E-state index is 12.9. The molecule has 0 aliphatic rings. The van der Waals surface area contributed by atoms with Crippen LogP contribution in [0.5, 0.6) is 0 Å². The Labute approximate surface area is 159 Å². The molecule has 27 heavy (non-hydrogen) atoms. The van der Waals surface area contributed by atoms with E-state index in [-0.39, 0.29) is 0 Å². The summed E-state index contributed by atoms with van der Waals surface area (Å²) < 4.78 is 10.1. The first-order valence-electron chi connectivity index (χ1n) is 8.53. The number of carbonyl (C=O) groups is 2. The van der Waals surface area contributed by atoms with Crippen LogP contribution in [0.1, 0.15) is 31.9 Å². The highest BCUT2D eigenvalue weighted by molar-refractivity contribution is 5.92. The van der Waals surface area contributed by atoms with E-state index in [0.717, 1.165) is 5.56 Å². The predicted octanol–water partition coefficient (Wildman–Crippen LogP) is 4.15. The number of rotatable bonds is 3. The van der Waals surface area contributed by atoms with Crippen LogP contribution < -0.4 is 4.90 Å². The number of esters is 1. The molecule has 140 valence electrons. The molecule has 0 unspecified atom stereocenters. The van der Waals surface area contributed by atoms with Gasteiger partial charge in [-0.05, 0) is 38.5 Å². The summed E-state index contributed by atoms with van der Waals surface area (Å²) in [7, 11) is 1.27. The van der Waals surface area contributed by atoms with E-state index < -0.39 is 17.7 Å². The minimum atomic E-state index is -0.642. The maximum Gasteiger partial charge on any atom is 0.415 e. The third kappa shape index (κ3) is 6.19. The van der Waals surface area contributed by atoms with Gasteiger partial charge in [-0.15, -0.1) is 0 Å². The maximum absolute atomic E-state index is 12.9. The predicted molar refractivity (Wildman–Crippen MR) is 104 cm³/mol. The lowest BCUT2D eigenvalue weighted by molar-refractivity contribution is -0.133. The van der Waals surface area contributed by atoms with Crippen molar-refractivity contribution in [3.63, 3.8) is 0 Å². The average Bonchev–Trinajstić information content (AvgIpc) is 2.64. The van der Waals surface area contributed by atoms with Crippen molar-refractivity contribution in [2.75, 3.05) is 12.0 Å². The van der Waals surface area contributed by atoms with E-state index in [9.17, 15) is 9.59 Å². The van der Waals surface area contributed by atoms with E-state index >= 15 is 0 Å². The van der Waals surface area contributed by atoms with E-state index in [1.54, 1.807) is 24.3 Å². The topological polar surface area (TPSA) is 55.8 Å². The molecular formula is C22H23NO4. The van der Waals surface area contributed by atoms with Crippen molar-refractivity contribution in [2.45, 2.75) is 32.9 Å². The van der Waals surface area contributed by atoms with E-state index in [2.05, 4.69) is 16.6 Å². The first-order chi connectivity index (χ1) is 12.8. The summed E-state index contributed by atoms with van der Waals surface area (Å²) in [4.78, 5) is 25.8. The zero-order valence-electron chi connectivity index (χ0n) is 16.0. The normalized spacial score (nSPS) is 10.4. The monoisotopic (exact) mass is 365 g/mol. The third-order valence-corrected chi connectivity index (χ3v) is 3.48. The zero-order chi connectivity index (χ0) is 19.9. The first kappa shape index (κ1) is 20.1. The van der Waals surface area contributed by atoms with Gasteiger partial charge in [0.15, 0.2) is 0 Å². The minimum Gasteiger partial charge on any atom is -0.459 e. The molecular weight excluding hydrogens is 342 g/mol. The van der Waals surface area contributed by atoms with Gasteiger partial charge in [-0.25, -0.2) is 9.59 Å². The molecule has 0 spiro atoms. The number of anilines is 1. The molecule has 0 bridgehead atoms. The lowest BCUT2D eigenvalue weighted by atomic mass is 10.1. The molecule has 0 aliphatic heterocycles. The second-order valence-electron chi connectivity index (χ2n) is 6.81. The van der Waals surface area contributed by atoms with Gasteiger partial charge in [0.05, 0.1) is 19.3 Å². The Bertz CT molecular complexity index is 857. The van der Waals surface area contributed by atoms with E-state index in [4.69, 9.17) is 4.74 Å². The van der Waals surface area contributed by atoms with Crippen LogP contribution >= 0.6 is 0 Å². The first-order valence-corrected chi connectivity index (χ1v) is 8.53. The van der Waals surface area contributed by atoms with Gasteiger partial charge in [0.1, 0.15) is 5.60 Å². The smallest absolute Gasteiger partial charge is 0.415 e. The van der Waals surface area contributed by atoms with E-state index in [1.807, 2.05) is 51.1 Å². The number of nitrogens with zero attached hydrogens (tertiary/aromatic N) is 1. The minimum absolute atomic E-state index is 0.312. The molecule has 2 aromatic rings. The molecule has 0 atom stereocenters. The van der Waals surface area contributed by atoms with Crippen LogP contribution in [-0.2, 0) is 20.8 Å². The molecule has 0 heterocycles. The Hall–Kier alpha value is -3.26. The Morgan fingerprint density at radius 2 is 1.63 bits per heavy atom. The van der Waals surface area contributed by atoms with Gasteiger partial charge >= 0.3 is 12.1 Å². The number of hydrogen-bond donors (Lipinski definition) is 0. The average molecular weight is 365 g/mol.